The average molecular weight is 927 g/mol. The van der Waals surface area contributed by atoms with Gasteiger partial charge in [-0.15, -0.1) is 0 Å². The molecule has 386 valence electrons. The first kappa shape index (κ1) is 63.8. The summed E-state index contributed by atoms with van der Waals surface area (Å²) in [4.78, 5) is 24.5. The van der Waals surface area contributed by atoms with E-state index >= 15 is 0 Å². The first-order valence-corrected chi connectivity index (χ1v) is 28.9. The SMILES string of the molecule is CCCCC/C=C\C/C=C\CCCCCCCCCCCC(=O)OCCCCCCCCCCCC/C=C\CCCCCCCCCC(=O)NC(CO)C(O)/C=C/CCCCCCCCC. The maximum atomic E-state index is 12.4. The van der Waals surface area contributed by atoms with Gasteiger partial charge in [-0.25, -0.2) is 0 Å². The third-order valence-electron chi connectivity index (χ3n) is 13.1. The van der Waals surface area contributed by atoms with E-state index in [4.69, 9.17) is 4.74 Å². The molecule has 2 atom stereocenters. The van der Waals surface area contributed by atoms with Crippen LogP contribution in [0.4, 0.5) is 0 Å². The van der Waals surface area contributed by atoms with Crippen molar-refractivity contribution in [2.45, 2.75) is 309 Å². The molecule has 3 N–H and O–H groups in total. The molecule has 0 fully saturated rings. The molecule has 66 heavy (non-hydrogen) atoms. The maximum absolute atomic E-state index is 12.4. The molecule has 0 bridgehead atoms. The fourth-order valence-electron chi connectivity index (χ4n) is 8.60. The van der Waals surface area contributed by atoms with Crippen molar-refractivity contribution >= 4 is 11.9 Å². The Labute approximate surface area is 410 Å². The van der Waals surface area contributed by atoms with Crippen molar-refractivity contribution in [2.75, 3.05) is 13.2 Å². The number of rotatable bonds is 53. The molecule has 6 nitrogen and oxygen atoms in total. The van der Waals surface area contributed by atoms with E-state index in [1.54, 1.807) is 6.08 Å². The Balaban J connectivity index is 3.40. The third-order valence-corrected chi connectivity index (χ3v) is 13.1. The minimum atomic E-state index is -0.848. The van der Waals surface area contributed by atoms with Crippen molar-refractivity contribution in [3.8, 4) is 0 Å². The lowest BCUT2D eigenvalue weighted by Gasteiger charge is -2.20. The van der Waals surface area contributed by atoms with E-state index in [-0.39, 0.29) is 18.5 Å². The van der Waals surface area contributed by atoms with Gasteiger partial charge in [-0.3, -0.25) is 9.59 Å². The minimum absolute atomic E-state index is 0.00305. The van der Waals surface area contributed by atoms with Gasteiger partial charge in [-0.2, -0.15) is 0 Å². The summed E-state index contributed by atoms with van der Waals surface area (Å²) >= 11 is 0. The highest BCUT2D eigenvalue weighted by Crippen LogP contribution is 2.16. The molecule has 6 heteroatoms. The van der Waals surface area contributed by atoms with E-state index in [9.17, 15) is 19.8 Å². The summed E-state index contributed by atoms with van der Waals surface area (Å²) in [5.41, 5.74) is 0. The highest BCUT2D eigenvalue weighted by Gasteiger charge is 2.18. The number of aliphatic hydroxyl groups is 2. The lowest BCUT2D eigenvalue weighted by molar-refractivity contribution is -0.143. The maximum Gasteiger partial charge on any atom is 0.305 e. The second-order valence-electron chi connectivity index (χ2n) is 19.6. The molecule has 0 rings (SSSR count). The zero-order valence-electron chi connectivity index (χ0n) is 43.9. The van der Waals surface area contributed by atoms with Crippen molar-refractivity contribution < 1.29 is 24.5 Å². The predicted molar refractivity (Wildman–Crippen MR) is 287 cm³/mol. The van der Waals surface area contributed by atoms with Crippen LogP contribution in [0.5, 0.6) is 0 Å². The molecular formula is C60H111NO5. The number of nitrogens with one attached hydrogen (secondary N) is 1. The fourth-order valence-corrected chi connectivity index (χ4v) is 8.60. The molecule has 0 saturated carbocycles. The summed E-state index contributed by atoms with van der Waals surface area (Å²) in [5, 5.41) is 22.9. The van der Waals surface area contributed by atoms with Gasteiger partial charge in [0.2, 0.25) is 5.91 Å². The Morgan fingerprint density at radius 2 is 0.758 bits per heavy atom. The average Bonchev–Trinajstić information content (AvgIpc) is 3.32. The van der Waals surface area contributed by atoms with Crippen LogP contribution in [-0.4, -0.2) is 47.4 Å². The molecule has 0 heterocycles. The summed E-state index contributed by atoms with van der Waals surface area (Å²) in [6, 6.07) is -0.632. The lowest BCUT2D eigenvalue weighted by atomic mass is 10.0. The third kappa shape index (κ3) is 51.2. The number of hydrogen-bond donors (Lipinski definition) is 3. The van der Waals surface area contributed by atoms with Crippen molar-refractivity contribution in [1.82, 2.24) is 5.32 Å². The van der Waals surface area contributed by atoms with Gasteiger partial charge in [0, 0.05) is 12.8 Å². The topological polar surface area (TPSA) is 95.9 Å². The second-order valence-corrected chi connectivity index (χ2v) is 19.6. The predicted octanol–water partition coefficient (Wildman–Crippen LogP) is 17.8. The van der Waals surface area contributed by atoms with Crippen LogP contribution in [0.25, 0.3) is 0 Å². The van der Waals surface area contributed by atoms with Crippen molar-refractivity contribution in [3.05, 3.63) is 48.6 Å². The molecule has 0 aromatic heterocycles. The number of aliphatic hydroxyl groups excluding tert-OH is 2. The number of carbonyl (C=O) groups excluding carboxylic acids is 2. The first-order chi connectivity index (χ1) is 32.5. The van der Waals surface area contributed by atoms with Crippen molar-refractivity contribution in [2.24, 2.45) is 0 Å². The highest BCUT2D eigenvalue weighted by molar-refractivity contribution is 5.76. The van der Waals surface area contributed by atoms with Crippen molar-refractivity contribution in [1.29, 1.82) is 0 Å². The molecule has 0 aliphatic heterocycles. The van der Waals surface area contributed by atoms with Crippen LogP contribution in [-0.2, 0) is 14.3 Å². The smallest absolute Gasteiger partial charge is 0.305 e. The van der Waals surface area contributed by atoms with Crippen molar-refractivity contribution in [3.63, 3.8) is 0 Å². The molecule has 0 saturated heterocycles. The molecule has 1 amide bonds. The lowest BCUT2D eigenvalue weighted by Crippen LogP contribution is -2.45. The molecule has 0 aromatic rings. The van der Waals surface area contributed by atoms with E-state index in [1.807, 2.05) is 6.08 Å². The number of esters is 1. The van der Waals surface area contributed by atoms with Gasteiger partial charge >= 0.3 is 5.97 Å². The number of allylic oxidation sites excluding steroid dienone is 7. The van der Waals surface area contributed by atoms with E-state index < -0.39 is 12.1 Å². The molecular weight excluding hydrogens is 815 g/mol. The second kappa shape index (κ2) is 55.4. The van der Waals surface area contributed by atoms with Crippen LogP contribution in [0.1, 0.15) is 296 Å². The zero-order chi connectivity index (χ0) is 47.9. The Morgan fingerprint density at radius 1 is 0.424 bits per heavy atom. The number of hydrogen-bond acceptors (Lipinski definition) is 5. The highest BCUT2D eigenvalue weighted by atomic mass is 16.5. The van der Waals surface area contributed by atoms with E-state index in [2.05, 4.69) is 55.6 Å². The molecule has 0 radical (unpaired) electrons. The zero-order valence-corrected chi connectivity index (χ0v) is 43.9. The van der Waals surface area contributed by atoms with Crippen LogP contribution in [0.15, 0.2) is 48.6 Å². The molecule has 2 unspecified atom stereocenters. The summed E-state index contributed by atoms with van der Waals surface area (Å²) < 4.78 is 5.49. The fraction of sp³-hybridized carbons (Fsp3) is 0.833. The van der Waals surface area contributed by atoms with Crippen LogP contribution >= 0.6 is 0 Å². The largest absolute Gasteiger partial charge is 0.466 e. The number of ether oxygens (including phenoxy) is 1. The normalized spacial score (nSPS) is 13.0. The van der Waals surface area contributed by atoms with Gasteiger partial charge in [0.15, 0.2) is 0 Å². The Morgan fingerprint density at radius 3 is 1.20 bits per heavy atom. The molecule has 0 aliphatic carbocycles. The van der Waals surface area contributed by atoms with Crippen LogP contribution < -0.4 is 5.32 Å². The van der Waals surface area contributed by atoms with Gasteiger partial charge in [0.05, 0.1) is 25.4 Å². The van der Waals surface area contributed by atoms with E-state index in [1.165, 1.54) is 212 Å². The Kier molecular flexibility index (Phi) is 53.6. The molecule has 0 spiro atoms. The summed E-state index contributed by atoms with van der Waals surface area (Å²) in [7, 11) is 0. The number of unbranched alkanes of at least 4 members (excludes halogenated alkanes) is 36. The first-order valence-electron chi connectivity index (χ1n) is 28.9. The standard InChI is InChI=1S/C60H111NO5/c1-3-5-7-9-11-13-14-15-16-17-21-25-28-31-34-38-42-46-50-54-60(65)66-55-51-47-43-39-35-32-29-26-23-20-18-19-22-24-27-30-33-37-41-45-49-53-59(64)61-57(56-62)58(63)52-48-44-40-36-12-10-8-6-4-2/h11,13,15-16,19,22,48,52,57-58,62-63H,3-10,12,14,17-18,20-21,23-47,49-51,53-56H2,1-2H3,(H,61,64)/b13-11-,16-15-,22-19-,52-48+. The molecule has 0 aliphatic rings. The van der Waals surface area contributed by atoms with Crippen LogP contribution in [0.2, 0.25) is 0 Å². The van der Waals surface area contributed by atoms with Crippen LogP contribution in [0.3, 0.4) is 0 Å². The molecule has 0 aromatic carbocycles. The quantitative estimate of drug-likeness (QED) is 0.0321. The van der Waals surface area contributed by atoms with E-state index in [0.29, 0.717) is 19.4 Å². The van der Waals surface area contributed by atoms with Gasteiger partial charge in [-0.1, -0.05) is 242 Å². The Hall–Kier alpha value is -2.18. The van der Waals surface area contributed by atoms with Gasteiger partial charge in [0.25, 0.3) is 0 Å². The van der Waals surface area contributed by atoms with E-state index in [0.717, 1.165) is 57.8 Å². The van der Waals surface area contributed by atoms with Gasteiger partial charge < -0.3 is 20.3 Å². The number of amides is 1. The monoisotopic (exact) mass is 926 g/mol. The minimum Gasteiger partial charge on any atom is -0.466 e. The van der Waals surface area contributed by atoms with Crippen LogP contribution in [0, 0.1) is 0 Å². The number of carbonyl (C=O) groups is 2. The summed E-state index contributed by atoms with van der Waals surface area (Å²) in [6.07, 6.45) is 70.0. The summed E-state index contributed by atoms with van der Waals surface area (Å²) in [5.74, 6) is -0.0762. The van der Waals surface area contributed by atoms with Gasteiger partial charge in [0.1, 0.15) is 0 Å². The Bertz CT molecular complexity index is 1110. The summed E-state index contributed by atoms with van der Waals surface area (Å²) in [6.45, 7) is 4.84. The van der Waals surface area contributed by atoms with Gasteiger partial charge in [-0.05, 0) is 89.9 Å².